The molecule has 0 bridgehead atoms. The Morgan fingerprint density at radius 3 is 2.27 bits per heavy atom. The van der Waals surface area contributed by atoms with Crippen molar-refractivity contribution in [3.8, 4) is 11.1 Å². The molecule has 48 heavy (non-hydrogen) atoms. The van der Waals surface area contributed by atoms with Crippen molar-refractivity contribution in [1.82, 2.24) is 15.5 Å². The molecule has 3 aromatic carbocycles. The van der Waals surface area contributed by atoms with Gasteiger partial charge in [0.1, 0.15) is 12.6 Å². The number of amides is 3. The maximum absolute atomic E-state index is 14.0. The fraction of sp³-hybridized carbons (Fsp3) is 0.378. The Morgan fingerprint density at radius 1 is 0.979 bits per heavy atom. The van der Waals surface area contributed by atoms with Crippen LogP contribution >= 0.6 is 11.6 Å². The van der Waals surface area contributed by atoms with E-state index in [0.717, 1.165) is 35.1 Å². The van der Waals surface area contributed by atoms with Crippen molar-refractivity contribution < 1.29 is 28.8 Å². The number of nitrogens with one attached hydrogen (secondary N) is 2. The van der Waals surface area contributed by atoms with Crippen LogP contribution in [0.2, 0.25) is 5.02 Å². The number of Topliss-reactive ketones (excluding diaryl/α,β-unsaturated/α-hetero) is 1. The largest absolute Gasteiger partial charge is 0.448 e. The summed E-state index contributed by atoms with van der Waals surface area (Å²) >= 11 is 6.46. The molecular formula is C37H37ClN4O6. The minimum absolute atomic E-state index is 0.00464. The van der Waals surface area contributed by atoms with Crippen LogP contribution in [0.4, 0.5) is 4.79 Å². The van der Waals surface area contributed by atoms with Crippen molar-refractivity contribution in [3.05, 3.63) is 94.5 Å². The Balaban J connectivity index is 1.11. The van der Waals surface area contributed by atoms with Crippen molar-refractivity contribution >= 4 is 41.0 Å². The molecule has 1 saturated carbocycles. The standard InChI is InChI=1S/C37H37ClN4O6/c1-2-9-30(33(43)35(45)39-22-16-17-22)40-34(44)32-19-37(18-31(41-48-37)27-14-7-8-15-29(27)38)21-42(32)36(46)47-20-28-25-12-5-3-10-23(25)24-11-4-6-13-26(24)28/h3-8,10-15,22,28,30,32H,2,9,16-21H2,1H3,(H,39,45)(H,40,44)/t30-,32-,37+/m0/s1. The van der Waals surface area contributed by atoms with Gasteiger partial charge in [0.2, 0.25) is 11.7 Å². The number of likely N-dealkylation sites (tertiary alicyclic amines) is 1. The van der Waals surface area contributed by atoms with E-state index in [-0.39, 0.29) is 38.0 Å². The average molecular weight is 669 g/mol. The number of halogens is 1. The fourth-order valence-electron chi connectivity index (χ4n) is 7.07. The summed E-state index contributed by atoms with van der Waals surface area (Å²) in [5, 5.41) is 10.4. The lowest BCUT2D eigenvalue weighted by molar-refractivity contribution is -0.140. The molecule has 3 aromatic rings. The van der Waals surface area contributed by atoms with Gasteiger partial charge in [-0.05, 0) is 47.6 Å². The number of carbonyl (C=O) groups is 4. The Morgan fingerprint density at radius 2 is 1.62 bits per heavy atom. The first-order chi connectivity index (χ1) is 23.3. The van der Waals surface area contributed by atoms with E-state index >= 15 is 0 Å². The van der Waals surface area contributed by atoms with Crippen LogP contribution in [-0.2, 0) is 24.0 Å². The molecule has 0 radical (unpaired) electrons. The quantitative estimate of drug-likeness (QED) is 0.280. The van der Waals surface area contributed by atoms with Gasteiger partial charge in [-0.3, -0.25) is 19.3 Å². The van der Waals surface area contributed by atoms with E-state index in [1.807, 2.05) is 61.5 Å². The Kier molecular flexibility index (Phi) is 8.68. The fourth-order valence-corrected chi connectivity index (χ4v) is 7.32. The van der Waals surface area contributed by atoms with Gasteiger partial charge in [0, 0.05) is 35.4 Å². The van der Waals surface area contributed by atoms with Crippen molar-refractivity contribution in [2.75, 3.05) is 13.2 Å². The first-order valence-corrected chi connectivity index (χ1v) is 16.9. The zero-order valence-corrected chi connectivity index (χ0v) is 27.4. The van der Waals surface area contributed by atoms with Crippen LogP contribution < -0.4 is 10.6 Å². The third-order valence-corrected chi connectivity index (χ3v) is 9.97. The molecule has 2 N–H and O–H groups in total. The summed E-state index contributed by atoms with van der Waals surface area (Å²) in [5.41, 5.74) is 4.68. The molecule has 2 heterocycles. The van der Waals surface area contributed by atoms with Crippen LogP contribution in [0.15, 0.2) is 78.0 Å². The molecular weight excluding hydrogens is 632 g/mol. The van der Waals surface area contributed by atoms with E-state index in [9.17, 15) is 19.2 Å². The number of benzene rings is 3. The third-order valence-electron chi connectivity index (χ3n) is 9.64. The van der Waals surface area contributed by atoms with E-state index in [1.54, 1.807) is 6.07 Å². The highest BCUT2D eigenvalue weighted by Gasteiger charge is 2.55. The summed E-state index contributed by atoms with van der Waals surface area (Å²) in [6.07, 6.45) is 2.27. The number of hydrogen-bond donors (Lipinski definition) is 2. The minimum atomic E-state index is -1.03. The number of hydrogen-bond acceptors (Lipinski definition) is 7. The monoisotopic (exact) mass is 668 g/mol. The molecule has 2 fully saturated rings. The zero-order valence-electron chi connectivity index (χ0n) is 26.6. The number of ketones is 1. The highest BCUT2D eigenvalue weighted by Crippen LogP contribution is 2.45. The Hall–Kier alpha value is -4.70. The van der Waals surface area contributed by atoms with E-state index in [2.05, 4.69) is 27.9 Å². The van der Waals surface area contributed by atoms with Crippen LogP contribution in [0.25, 0.3) is 11.1 Å². The summed E-state index contributed by atoms with van der Waals surface area (Å²) in [4.78, 5) is 61.0. The molecule has 2 aliphatic carbocycles. The molecule has 1 saturated heterocycles. The first-order valence-electron chi connectivity index (χ1n) is 16.5. The summed E-state index contributed by atoms with van der Waals surface area (Å²) in [6.45, 7) is 1.98. The van der Waals surface area contributed by atoms with Crippen LogP contribution in [-0.4, -0.2) is 71.2 Å². The van der Waals surface area contributed by atoms with Gasteiger partial charge in [-0.2, -0.15) is 0 Å². The number of oxime groups is 1. The first kappa shape index (κ1) is 31.9. The Bertz CT molecular complexity index is 1760. The lowest BCUT2D eigenvalue weighted by atomic mass is 9.91. The maximum atomic E-state index is 14.0. The molecule has 7 rings (SSSR count). The van der Waals surface area contributed by atoms with Gasteiger partial charge in [-0.15, -0.1) is 0 Å². The number of rotatable bonds is 10. The molecule has 0 unspecified atom stereocenters. The lowest BCUT2D eigenvalue weighted by Crippen LogP contribution is -2.53. The van der Waals surface area contributed by atoms with Crippen LogP contribution in [0.1, 0.15) is 68.1 Å². The molecule has 248 valence electrons. The SMILES string of the molecule is CCC[C@H](NC(=O)[C@@H]1C[C@]2(CC(c3ccccc3Cl)=NO2)CN1C(=O)OCC1c2ccccc2-c2ccccc21)C(=O)C(=O)NC1CC1. The van der Waals surface area contributed by atoms with Gasteiger partial charge in [-0.25, -0.2) is 4.79 Å². The highest BCUT2D eigenvalue weighted by atomic mass is 35.5. The van der Waals surface area contributed by atoms with Gasteiger partial charge in [0.15, 0.2) is 5.60 Å². The number of nitrogens with zero attached hydrogens (tertiary/aromatic N) is 2. The zero-order chi connectivity index (χ0) is 33.4. The predicted molar refractivity (Wildman–Crippen MR) is 180 cm³/mol. The van der Waals surface area contributed by atoms with Crippen molar-refractivity contribution in [2.45, 2.75) is 75.1 Å². The molecule has 1 spiro atoms. The molecule has 4 aliphatic rings. The van der Waals surface area contributed by atoms with E-state index < -0.39 is 41.4 Å². The maximum Gasteiger partial charge on any atom is 0.410 e. The summed E-state index contributed by atoms with van der Waals surface area (Å²) in [5.74, 6) is -2.12. The van der Waals surface area contributed by atoms with Crippen molar-refractivity contribution in [1.29, 1.82) is 0 Å². The molecule has 10 nitrogen and oxygen atoms in total. The van der Waals surface area contributed by atoms with Crippen LogP contribution in [0.3, 0.4) is 0 Å². The molecule has 3 amide bonds. The van der Waals surface area contributed by atoms with Crippen LogP contribution in [0, 0.1) is 0 Å². The average Bonchev–Trinajstić information content (AvgIpc) is 3.56. The summed E-state index contributed by atoms with van der Waals surface area (Å²) < 4.78 is 5.99. The number of fused-ring (bicyclic) bond motifs is 3. The normalized spacial score (nSPS) is 21.6. The van der Waals surface area contributed by atoms with E-state index in [4.69, 9.17) is 21.2 Å². The summed E-state index contributed by atoms with van der Waals surface area (Å²) in [7, 11) is 0. The van der Waals surface area contributed by atoms with Gasteiger partial charge in [0.05, 0.1) is 18.3 Å². The second-order valence-corrected chi connectivity index (χ2v) is 13.5. The van der Waals surface area contributed by atoms with Crippen molar-refractivity contribution in [2.24, 2.45) is 5.16 Å². The predicted octanol–water partition coefficient (Wildman–Crippen LogP) is 5.36. The van der Waals surface area contributed by atoms with Crippen molar-refractivity contribution in [3.63, 3.8) is 0 Å². The third kappa shape index (κ3) is 6.17. The number of carbonyl (C=O) groups excluding carboxylic acids is 4. The van der Waals surface area contributed by atoms with Crippen LogP contribution in [0.5, 0.6) is 0 Å². The van der Waals surface area contributed by atoms with E-state index in [1.165, 1.54) is 4.90 Å². The highest BCUT2D eigenvalue weighted by molar-refractivity contribution is 6.38. The Labute approximate surface area is 283 Å². The smallest absolute Gasteiger partial charge is 0.410 e. The van der Waals surface area contributed by atoms with E-state index in [0.29, 0.717) is 29.1 Å². The minimum Gasteiger partial charge on any atom is -0.448 e. The second-order valence-electron chi connectivity index (χ2n) is 13.1. The lowest BCUT2D eigenvalue weighted by Gasteiger charge is -2.26. The molecule has 11 heteroatoms. The van der Waals surface area contributed by atoms with Gasteiger partial charge >= 0.3 is 6.09 Å². The van der Waals surface area contributed by atoms with Gasteiger partial charge in [-0.1, -0.05) is 96.8 Å². The molecule has 3 atom stereocenters. The van der Waals surface area contributed by atoms with Gasteiger partial charge < -0.3 is 20.2 Å². The second kappa shape index (κ2) is 13.1. The summed E-state index contributed by atoms with van der Waals surface area (Å²) in [6, 6.07) is 21.4. The van der Waals surface area contributed by atoms with Gasteiger partial charge in [0.25, 0.3) is 5.91 Å². The topological polar surface area (TPSA) is 126 Å². The molecule has 2 aliphatic heterocycles. The molecule has 0 aromatic heterocycles. The number of ether oxygens (including phenoxy) is 1.